The number of ether oxygens (including phenoxy) is 1. The molecule has 6 nitrogen and oxygen atoms in total. The third-order valence-corrected chi connectivity index (χ3v) is 10.6. The minimum Gasteiger partial charge on any atom is -0.453 e. The second-order valence-corrected chi connectivity index (χ2v) is 12.2. The zero-order chi connectivity index (χ0) is 24.2. The molecule has 172 valence electrons. The van der Waals surface area contributed by atoms with Crippen LogP contribution in [0.4, 0.5) is 10.5 Å². The van der Waals surface area contributed by atoms with Crippen molar-refractivity contribution in [2.24, 2.45) is 0 Å². The van der Waals surface area contributed by atoms with Crippen LogP contribution in [0, 0.1) is 0 Å². The van der Waals surface area contributed by atoms with Crippen molar-refractivity contribution in [1.29, 1.82) is 0 Å². The summed E-state index contributed by atoms with van der Waals surface area (Å²) >= 11 is 0. The van der Waals surface area contributed by atoms with Crippen LogP contribution in [0.2, 0.25) is 0 Å². The lowest BCUT2D eigenvalue weighted by atomic mass is 10.3. The Morgan fingerprint density at radius 1 is 0.735 bits per heavy atom. The number of methoxy groups -OCH3 is 1. The summed E-state index contributed by atoms with van der Waals surface area (Å²) in [5.74, 6) is 0. The molecule has 8 heteroatoms. The Labute approximate surface area is 199 Å². The van der Waals surface area contributed by atoms with Gasteiger partial charge in [0.15, 0.2) is 0 Å². The van der Waals surface area contributed by atoms with Crippen molar-refractivity contribution in [3.05, 3.63) is 109 Å². The zero-order valence-electron chi connectivity index (χ0n) is 18.3. The summed E-state index contributed by atoms with van der Waals surface area (Å²) in [5, 5.41) is 6.13. The van der Waals surface area contributed by atoms with Crippen molar-refractivity contribution >= 4 is 50.4 Å². The van der Waals surface area contributed by atoms with Crippen LogP contribution in [-0.4, -0.2) is 26.2 Å². The maximum Gasteiger partial charge on any atom is 0.411 e. The Morgan fingerprint density at radius 3 is 1.56 bits per heavy atom. The summed E-state index contributed by atoms with van der Waals surface area (Å²) in [5.41, 5.74) is -0.0645. The minimum absolute atomic E-state index is 0.0645. The Balaban J connectivity index is 2.11. The Hall–Kier alpha value is -3.51. The van der Waals surface area contributed by atoms with E-state index in [1.54, 1.807) is 6.07 Å². The molecule has 0 atom stereocenters. The molecule has 0 saturated carbocycles. The van der Waals surface area contributed by atoms with Crippen LogP contribution in [0.3, 0.4) is 0 Å². The highest BCUT2D eigenvalue weighted by atomic mass is 32.2. The van der Waals surface area contributed by atoms with Crippen LogP contribution in [-0.2, 0) is 14.9 Å². The molecule has 0 spiro atoms. The van der Waals surface area contributed by atoms with E-state index < -0.39 is 28.4 Å². The SMILES string of the molecule is COC(=O)Nc1ccc([P+](c2ccccc2)(c2ccccc2)c2ccccc2)cc1S(=O)(=O)O. The second-order valence-electron chi connectivity index (χ2n) is 7.45. The van der Waals surface area contributed by atoms with Crippen molar-refractivity contribution in [2.45, 2.75) is 4.90 Å². The molecule has 0 aliphatic heterocycles. The van der Waals surface area contributed by atoms with Gasteiger partial charge in [-0.05, 0) is 48.5 Å². The molecule has 0 aliphatic rings. The van der Waals surface area contributed by atoms with Crippen LogP contribution in [0.1, 0.15) is 0 Å². The molecular weight excluding hydrogens is 469 g/mol. The molecule has 0 bridgehead atoms. The van der Waals surface area contributed by atoms with Crippen LogP contribution >= 0.6 is 7.26 Å². The van der Waals surface area contributed by atoms with E-state index >= 15 is 0 Å². The molecule has 0 aliphatic carbocycles. The molecule has 0 radical (unpaired) electrons. The number of hydrogen-bond donors (Lipinski definition) is 2. The maximum atomic E-state index is 12.4. The molecule has 34 heavy (non-hydrogen) atoms. The molecule has 4 rings (SSSR count). The fourth-order valence-corrected chi connectivity index (χ4v) is 9.07. The van der Waals surface area contributed by atoms with E-state index in [0.717, 1.165) is 15.9 Å². The average Bonchev–Trinajstić information content (AvgIpc) is 2.86. The summed E-state index contributed by atoms with van der Waals surface area (Å²) < 4.78 is 39.4. The number of carbonyl (C=O) groups excluding carboxylic acids is 1. The average molecular weight is 493 g/mol. The Morgan fingerprint density at radius 2 is 1.18 bits per heavy atom. The van der Waals surface area contributed by atoms with Gasteiger partial charge >= 0.3 is 6.09 Å². The van der Waals surface area contributed by atoms with Crippen molar-refractivity contribution in [3.8, 4) is 0 Å². The smallest absolute Gasteiger partial charge is 0.411 e. The molecule has 2 N–H and O–H groups in total. The van der Waals surface area contributed by atoms with Gasteiger partial charge in [-0.25, -0.2) is 4.79 Å². The summed E-state index contributed by atoms with van der Waals surface area (Å²) in [4.78, 5) is 11.4. The van der Waals surface area contributed by atoms with Gasteiger partial charge in [-0.1, -0.05) is 54.6 Å². The lowest BCUT2D eigenvalue weighted by Gasteiger charge is -2.28. The van der Waals surface area contributed by atoms with Crippen molar-refractivity contribution in [2.75, 3.05) is 12.4 Å². The second kappa shape index (κ2) is 9.77. The highest BCUT2D eigenvalue weighted by molar-refractivity contribution is 8.01. The molecule has 4 aromatic rings. The molecule has 0 unspecified atom stereocenters. The first-order valence-corrected chi connectivity index (χ1v) is 13.6. The maximum absolute atomic E-state index is 12.4. The monoisotopic (exact) mass is 492 g/mol. The highest BCUT2D eigenvalue weighted by Crippen LogP contribution is 2.54. The van der Waals surface area contributed by atoms with Crippen molar-refractivity contribution in [3.63, 3.8) is 0 Å². The first-order valence-electron chi connectivity index (χ1n) is 10.4. The fourth-order valence-electron chi connectivity index (χ4n) is 4.05. The van der Waals surface area contributed by atoms with Gasteiger partial charge in [0.1, 0.15) is 33.4 Å². The number of anilines is 1. The molecule has 4 aromatic carbocycles. The van der Waals surface area contributed by atoms with Gasteiger partial charge < -0.3 is 4.74 Å². The lowest BCUT2D eigenvalue weighted by Crippen LogP contribution is -2.39. The highest BCUT2D eigenvalue weighted by Gasteiger charge is 2.48. The Kier molecular flexibility index (Phi) is 6.80. The van der Waals surface area contributed by atoms with E-state index in [9.17, 15) is 17.8 Å². The normalized spacial score (nSPS) is 11.6. The topological polar surface area (TPSA) is 92.7 Å². The third kappa shape index (κ3) is 4.46. The van der Waals surface area contributed by atoms with Crippen LogP contribution in [0.15, 0.2) is 114 Å². The number of hydrogen-bond acceptors (Lipinski definition) is 4. The van der Waals surface area contributed by atoms with E-state index in [4.69, 9.17) is 0 Å². The van der Waals surface area contributed by atoms with Crippen LogP contribution in [0.5, 0.6) is 0 Å². The number of carbonyl (C=O) groups is 1. The van der Waals surface area contributed by atoms with Gasteiger partial charge in [0.25, 0.3) is 10.1 Å². The summed E-state index contributed by atoms with van der Waals surface area (Å²) in [6.07, 6.45) is -0.840. The Bertz CT molecular complexity index is 1300. The largest absolute Gasteiger partial charge is 0.453 e. The molecule has 0 fully saturated rings. The molecule has 0 heterocycles. The van der Waals surface area contributed by atoms with Gasteiger partial charge in [0.05, 0.1) is 12.8 Å². The van der Waals surface area contributed by atoms with Crippen LogP contribution < -0.4 is 26.5 Å². The van der Waals surface area contributed by atoms with E-state index in [1.807, 2.05) is 91.0 Å². The number of rotatable bonds is 6. The van der Waals surface area contributed by atoms with Gasteiger partial charge in [0, 0.05) is 6.07 Å². The first-order chi connectivity index (χ1) is 16.4. The van der Waals surface area contributed by atoms with E-state index in [0.29, 0.717) is 5.30 Å². The summed E-state index contributed by atoms with van der Waals surface area (Å²) in [6.45, 7) is 0. The molecule has 1 amide bonds. The predicted octanol–water partition coefficient (Wildman–Crippen LogP) is 3.73. The first kappa shape index (κ1) is 23.6. The summed E-state index contributed by atoms with van der Waals surface area (Å²) in [6, 6.07) is 34.4. The van der Waals surface area contributed by atoms with E-state index in [-0.39, 0.29) is 5.69 Å². The summed E-state index contributed by atoms with van der Waals surface area (Å²) in [7, 11) is -6.08. The zero-order valence-corrected chi connectivity index (χ0v) is 20.0. The number of amides is 1. The van der Waals surface area contributed by atoms with Crippen molar-refractivity contribution in [1.82, 2.24) is 0 Å². The van der Waals surface area contributed by atoms with Crippen LogP contribution in [0.25, 0.3) is 0 Å². The number of benzene rings is 4. The van der Waals surface area contributed by atoms with Gasteiger partial charge in [0.2, 0.25) is 0 Å². The van der Waals surface area contributed by atoms with E-state index in [2.05, 4.69) is 10.1 Å². The lowest BCUT2D eigenvalue weighted by molar-refractivity contribution is 0.187. The quantitative estimate of drug-likeness (QED) is 0.316. The third-order valence-electron chi connectivity index (χ3n) is 5.48. The van der Waals surface area contributed by atoms with Crippen molar-refractivity contribution < 1.29 is 22.5 Å². The van der Waals surface area contributed by atoms with Gasteiger partial charge in [-0.15, -0.1) is 0 Å². The molecule has 0 saturated heterocycles. The van der Waals surface area contributed by atoms with E-state index in [1.165, 1.54) is 19.2 Å². The standard InChI is InChI=1S/C26H22NO5PS/c1-32-26(28)27-24-18-17-23(19-25(24)34(29,30)31)33(20-11-5-2-6-12-20,21-13-7-3-8-14-21)22-15-9-4-10-16-22/h2-19H,1H3,(H-,27,28,29,30,31)/p+1. The molecule has 0 aromatic heterocycles. The predicted molar refractivity (Wildman–Crippen MR) is 137 cm³/mol. The molecular formula is C26H23NO5PS+. The van der Waals surface area contributed by atoms with Gasteiger partial charge in [-0.3, -0.25) is 9.87 Å². The van der Waals surface area contributed by atoms with Gasteiger partial charge in [-0.2, -0.15) is 8.42 Å². The minimum atomic E-state index is -4.67. The fraction of sp³-hybridized carbons (Fsp3) is 0.0385. The number of nitrogens with one attached hydrogen (secondary N) is 1.